The summed E-state index contributed by atoms with van der Waals surface area (Å²) < 4.78 is 0. The van der Waals surface area contributed by atoms with Gasteiger partial charge in [-0.3, -0.25) is 4.79 Å². The van der Waals surface area contributed by atoms with Crippen molar-refractivity contribution >= 4 is 18.3 Å². The number of hydrogen-bond acceptors (Lipinski definition) is 2. The van der Waals surface area contributed by atoms with Crippen LogP contribution in [0.25, 0.3) is 0 Å². The van der Waals surface area contributed by atoms with Crippen molar-refractivity contribution in [1.82, 2.24) is 4.90 Å². The van der Waals surface area contributed by atoms with Gasteiger partial charge in [0.15, 0.2) is 0 Å². The highest BCUT2D eigenvalue weighted by Crippen LogP contribution is 2.30. The van der Waals surface area contributed by atoms with E-state index in [0.29, 0.717) is 5.92 Å². The van der Waals surface area contributed by atoms with Gasteiger partial charge < -0.3 is 10.6 Å². The van der Waals surface area contributed by atoms with Gasteiger partial charge in [0.2, 0.25) is 5.91 Å². The first kappa shape index (κ1) is 16.8. The highest BCUT2D eigenvalue weighted by molar-refractivity contribution is 5.86. The van der Waals surface area contributed by atoms with E-state index in [4.69, 9.17) is 5.73 Å². The van der Waals surface area contributed by atoms with Crippen LogP contribution in [0.1, 0.15) is 64.7 Å². The molecule has 3 nitrogen and oxygen atoms in total. The van der Waals surface area contributed by atoms with Crippen molar-refractivity contribution in [2.75, 3.05) is 13.1 Å². The number of hydrogen-bond donors (Lipinski definition) is 1. The molecule has 2 rings (SSSR count). The highest BCUT2D eigenvalue weighted by Gasteiger charge is 2.39. The molecule has 2 N–H and O–H groups in total. The standard InChI is InChI=1S/C15H28N2O.ClH/c1-2-7-13-8-6-11-17(12-13)14(18)15(16)9-4-3-5-10-15;/h13H,2-12,16H2,1H3;1H. The van der Waals surface area contributed by atoms with Crippen LogP contribution in [-0.2, 0) is 4.79 Å². The van der Waals surface area contributed by atoms with E-state index in [1.54, 1.807) is 0 Å². The molecule has 1 saturated carbocycles. The predicted octanol–water partition coefficient (Wildman–Crippen LogP) is 3.11. The molecule has 0 aromatic heterocycles. The number of carbonyl (C=O) groups is 1. The molecular formula is C15H29ClN2O. The fourth-order valence-corrected chi connectivity index (χ4v) is 3.60. The van der Waals surface area contributed by atoms with Crippen LogP contribution in [0.4, 0.5) is 0 Å². The lowest BCUT2D eigenvalue weighted by Crippen LogP contribution is -2.58. The molecule has 2 fully saturated rings. The Morgan fingerprint density at radius 1 is 1.26 bits per heavy atom. The second-order valence-corrected chi connectivity index (χ2v) is 6.26. The summed E-state index contributed by atoms with van der Waals surface area (Å²) in [5.41, 5.74) is 5.83. The zero-order chi connectivity index (χ0) is 13.0. The van der Waals surface area contributed by atoms with Crippen molar-refractivity contribution in [3.8, 4) is 0 Å². The van der Waals surface area contributed by atoms with Gasteiger partial charge in [0.1, 0.15) is 0 Å². The molecule has 0 aromatic carbocycles. The minimum atomic E-state index is -0.535. The predicted molar refractivity (Wildman–Crippen MR) is 81.5 cm³/mol. The molecule has 2 aliphatic rings. The van der Waals surface area contributed by atoms with Crippen LogP contribution in [0.3, 0.4) is 0 Å². The lowest BCUT2D eigenvalue weighted by atomic mass is 9.80. The van der Waals surface area contributed by atoms with E-state index >= 15 is 0 Å². The Morgan fingerprint density at radius 3 is 2.58 bits per heavy atom. The van der Waals surface area contributed by atoms with Crippen molar-refractivity contribution in [2.45, 2.75) is 70.3 Å². The largest absolute Gasteiger partial charge is 0.341 e. The van der Waals surface area contributed by atoms with Gasteiger partial charge in [0.05, 0.1) is 5.54 Å². The zero-order valence-corrected chi connectivity index (χ0v) is 13.0. The summed E-state index contributed by atoms with van der Waals surface area (Å²) in [7, 11) is 0. The second-order valence-electron chi connectivity index (χ2n) is 6.26. The van der Waals surface area contributed by atoms with Gasteiger partial charge in [-0.2, -0.15) is 0 Å². The number of likely N-dealkylation sites (tertiary alicyclic amines) is 1. The van der Waals surface area contributed by atoms with E-state index in [0.717, 1.165) is 45.2 Å². The van der Waals surface area contributed by atoms with E-state index in [-0.39, 0.29) is 18.3 Å². The van der Waals surface area contributed by atoms with Crippen LogP contribution < -0.4 is 5.73 Å². The van der Waals surface area contributed by atoms with Gasteiger partial charge in [-0.25, -0.2) is 0 Å². The number of halogens is 1. The van der Waals surface area contributed by atoms with Crippen molar-refractivity contribution in [1.29, 1.82) is 0 Å². The van der Waals surface area contributed by atoms with Crippen molar-refractivity contribution in [3.63, 3.8) is 0 Å². The summed E-state index contributed by atoms with van der Waals surface area (Å²) in [5, 5.41) is 0. The van der Waals surface area contributed by atoms with Gasteiger partial charge in [0, 0.05) is 13.1 Å². The molecule has 0 spiro atoms. The zero-order valence-electron chi connectivity index (χ0n) is 12.2. The van der Waals surface area contributed by atoms with Crippen LogP contribution in [0, 0.1) is 5.92 Å². The number of piperidine rings is 1. The van der Waals surface area contributed by atoms with Crippen LogP contribution in [-0.4, -0.2) is 29.4 Å². The Balaban J connectivity index is 0.00000180. The quantitative estimate of drug-likeness (QED) is 0.867. The maximum atomic E-state index is 12.6. The fraction of sp³-hybridized carbons (Fsp3) is 0.933. The number of amides is 1. The van der Waals surface area contributed by atoms with Crippen molar-refractivity contribution < 1.29 is 4.79 Å². The second kappa shape index (κ2) is 7.49. The summed E-state index contributed by atoms with van der Waals surface area (Å²) in [4.78, 5) is 14.7. The van der Waals surface area contributed by atoms with E-state index in [2.05, 4.69) is 11.8 Å². The minimum absolute atomic E-state index is 0. The Morgan fingerprint density at radius 2 is 1.95 bits per heavy atom. The topological polar surface area (TPSA) is 46.3 Å². The first-order valence-corrected chi connectivity index (χ1v) is 7.74. The van der Waals surface area contributed by atoms with Gasteiger partial charge in [-0.05, 0) is 38.0 Å². The number of nitrogens with two attached hydrogens (primary N) is 1. The maximum absolute atomic E-state index is 12.6. The monoisotopic (exact) mass is 288 g/mol. The van der Waals surface area contributed by atoms with Crippen LogP contribution in [0.5, 0.6) is 0 Å². The van der Waals surface area contributed by atoms with E-state index in [1.807, 2.05) is 0 Å². The molecule has 1 saturated heterocycles. The summed E-state index contributed by atoms with van der Waals surface area (Å²) in [6.07, 6.45) is 10.2. The molecule has 4 heteroatoms. The van der Waals surface area contributed by atoms with Gasteiger partial charge in [-0.15, -0.1) is 12.4 Å². The molecule has 112 valence electrons. The average molecular weight is 289 g/mol. The fourth-order valence-electron chi connectivity index (χ4n) is 3.60. The maximum Gasteiger partial charge on any atom is 0.242 e. The molecule has 1 amide bonds. The summed E-state index contributed by atoms with van der Waals surface area (Å²) in [5.74, 6) is 0.947. The first-order valence-electron chi connectivity index (χ1n) is 7.74. The summed E-state index contributed by atoms with van der Waals surface area (Å²) in [6.45, 7) is 4.11. The Bertz CT molecular complexity index is 288. The van der Waals surface area contributed by atoms with Gasteiger partial charge >= 0.3 is 0 Å². The summed E-state index contributed by atoms with van der Waals surface area (Å²) >= 11 is 0. The molecule has 0 aromatic rings. The smallest absolute Gasteiger partial charge is 0.242 e. The van der Waals surface area contributed by atoms with Crippen LogP contribution in [0.15, 0.2) is 0 Å². The third-order valence-corrected chi connectivity index (χ3v) is 4.67. The normalized spacial score (nSPS) is 26.6. The van der Waals surface area contributed by atoms with Crippen LogP contribution >= 0.6 is 12.4 Å². The van der Waals surface area contributed by atoms with Gasteiger partial charge in [0.25, 0.3) is 0 Å². The van der Waals surface area contributed by atoms with Crippen molar-refractivity contribution in [2.24, 2.45) is 11.7 Å². The molecule has 0 radical (unpaired) electrons. The third-order valence-electron chi connectivity index (χ3n) is 4.67. The molecular weight excluding hydrogens is 260 g/mol. The highest BCUT2D eigenvalue weighted by atomic mass is 35.5. The SMILES string of the molecule is CCCC1CCCN(C(=O)C2(N)CCCCC2)C1.Cl. The molecule has 1 heterocycles. The molecule has 1 aliphatic heterocycles. The Kier molecular flexibility index (Phi) is 6.61. The molecule has 1 atom stereocenters. The molecule has 19 heavy (non-hydrogen) atoms. The third kappa shape index (κ3) is 4.09. The van der Waals surface area contributed by atoms with E-state index in [1.165, 1.54) is 25.7 Å². The lowest BCUT2D eigenvalue weighted by molar-refractivity contribution is -0.140. The molecule has 1 aliphatic carbocycles. The molecule has 1 unspecified atom stereocenters. The van der Waals surface area contributed by atoms with E-state index < -0.39 is 5.54 Å². The first-order chi connectivity index (χ1) is 8.65. The molecule has 0 bridgehead atoms. The number of nitrogens with zero attached hydrogens (tertiary/aromatic N) is 1. The number of rotatable bonds is 3. The van der Waals surface area contributed by atoms with Crippen molar-refractivity contribution in [3.05, 3.63) is 0 Å². The number of carbonyl (C=O) groups excluding carboxylic acids is 1. The lowest BCUT2D eigenvalue weighted by Gasteiger charge is -2.40. The van der Waals surface area contributed by atoms with E-state index in [9.17, 15) is 4.79 Å². The van der Waals surface area contributed by atoms with Crippen LogP contribution in [0.2, 0.25) is 0 Å². The average Bonchev–Trinajstić information content (AvgIpc) is 2.39. The van der Waals surface area contributed by atoms with Gasteiger partial charge in [-0.1, -0.05) is 32.6 Å². The Hall–Kier alpha value is -0.280. The minimum Gasteiger partial charge on any atom is -0.341 e. The Labute approximate surface area is 123 Å². The summed E-state index contributed by atoms with van der Waals surface area (Å²) in [6, 6.07) is 0.